The number of nitriles is 1. The fourth-order valence-electron chi connectivity index (χ4n) is 2.52. The van der Waals surface area contributed by atoms with Crippen LogP contribution in [0.4, 0.5) is 4.39 Å². The number of ether oxygens (including phenoxy) is 1. The molecule has 0 fully saturated rings. The van der Waals surface area contributed by atoms with E-state index in [1.165, 1.54) is 6.07 Å². The molecule has 2 nitrogen and oxygen atoms in total. The first-order valence-corrected chi connectivity index (χ1v) is 8.31. The van der Waals surface area contributed by atoms with Crippen molar-refractivity contribution in [1.29, 1.82) is 5.26 Å². The summed E-state index contributed by atoms with van der Waals surface area (Å²) in [6.45, 7) is 2.19. The summed E-state index contributed by atoms with van der Waals surface area (Å²) in [5, 5.41) is 9.42. The van der Waals surface area contributed by atoms with Crippen LogP contribution in [-0.2, 0) is 6.61 Å². The smallest absolute Gasteiger partial charge is 0.129 e. The largest absolute Gasteiger partial charge is 0.489 e. The average Bonchev–Trinajstić information content (AvgIpc) is 2.67. The molecule has 0 N–H and O–H groups in total. The third kappa shape index (κ3) is 4.37. The number of benzene rings is 3. The fourth-order valence-corrected chi connectivity index (χ4v) is 2.52. The molecule has 0 aliphatic heterocycles. The number of nitrogens with zero attached hydrogens (tertiary/aromatic N) is 1. The highest BCUT2D eigenvalue weighted by Gasteiger charge is 2.03. The second kappa shape index (κ2) is 8.13. The van der Waals surface area contributed by atoms with Crippen LogP contribution in [0.1, 0.15) is 22.3 Å². The molecule has 26 heavy (non-hydrogen) atoms. The summed E-state index contributed by atoms with van der Waals surface area (Å²) in [4.78, 5) is 0. The van der Waals surface area contributed by atoms with Gasteiger partial charge >= 0.3 is 0 Å². The van der Waals surface area contributed by atoms with Crippen LogP contribution in [0, 0.1) is 24.1 Å². The molecule has 0 atom stereocenters. The highest BCUT2D eigenvalue weighted by molar-refractivity contribution is 5.89. The first kappa shape index (κ1) is 17.4. The van der Waals surface area contributed by atoms with Crippen molar-refractivity contribution in [3.63, 3.8) is 0 Å². The molecule has 0 spiro atoms. The number of aryl methyl sites for hydroxylation is 1. The van der Waals surface area contributed by atoms with E-state index in [2.05, 4.69) is 6.07 Å². The lowest BCUT2D eigenvalue weighted by Gasteiger charge is -2.07. The molecule has 0 aliphatic rings. The summed E-state index contributed by atoms with van der Waals surface area (Å²) in [5.74, 6) is 0.378. The topological polar surface area (TPSA) is 33.0 Å². The minimum Gasteiger partial charge on any atom is -0.489 e. The lowest BCUT2D eigenvalue weighted by Crippen LogP contribution is -1.98. The van der Waals surface area contributed by atoms with Crippen molar-refractivity contribution in [2.24, 2.45) is 0 Å². The van der Waals surface area contributed by atoms with Crippen LogP contribution < -0.4 is 4.74 Å². The van der Waals surface area contributed by atoms with Crippen molar-refractivity contribution in [2.45, 2.75) is 13.5 Å². The number of rotatable bonds is 5. The Kier molecular flexibility index (Phi) is 5.46. The molecule has 3 aromatic carbocycles. The Balaban J connectivity index is 1.71. The minimum atomic E-state index is -0.274. The van der Waals surface area contributed by atoms with Gasteiger partial charge in [-0.2, -0.15) is 5.26 Å². The van der Waals surface area contributed by atoms with Crippen molar-refractivity contribution < 1.29 is 9.13 Å². The Morgan fingerprint density at radius 2 is 1.69 bits per heavy atom. The van der Waals surface area contributed by atoms with Gasteiger partial charge in [0.1, 0.15) is 18.2 Å². The molecule has 0 heterocycles. The van der Waals surface area contributed by atoms with Gasteiger partial charge in [-0.05, 0) is 42.3 Å². The van der Waals surface area contributed by atoms with Crippen LogP contribution in [0.25, 0.3) is 11.6 Å². The Labute approximate surface area is 152 Å². The molecular weight excluding hydrogens is 325 g/mol. The van der Waals surface area contributed by atoms with Crippen molar-refractivity contribution >= 4 is 11.6 Å². The molecule has 128 valence electrons. The molecule has 0 saturated heterocycles. The quantitative estimate of drug-likeness (QED) is 0.435. The number of halogens is 1. The molecule has 0 aliphatic carbocycles. The third-order valence-electron chi connectivity index (χ3n) is 4.03. The average molecular weight is 343 g/mol. The van der Waals surface area contributed by atoms with Gasteiger partial charge in [0.2, 0.25) is 0 Å². The summed E-state index contributed by atoms with van der Waals surface area (Å²) in [7, 11) is 0. The van der Waals surface area contributed by atoms with Gasteiger partial charge in [-0.3, -0.25) is 0 Å². The maximum Gasteiger partial charge on any atom is 0.129 e. The lowest BCUT2D eigenvalue weighted by molar-refractivity contribution is 0.300. The maximum absolute atomic E-state index is 13.6. The van der Waals surface area contributed by atoms with Crippen molar-refractivity contribution in [2.75, 3.05) is 0 Å². The molecule has 3 rings (SSSR count). The van der Waals surface area contributed by atoms with Gasteiger partial charge in [0.05, 0.1) is 11.6 Å². The van der Waals surface area contributed by atoms with Gasteiger partial charge < -0.3 is 4.74 Å². The van der Waals surface area contributed by atoms with Crippen LogP contribution in [0.2, 0.25) is 0 Å². The van der Waals surface area contributed by atoms with E-state index in [1.54, 1.807) is 18.2 Å². The van der Waals surface area contributed by atoms with E-state index >= 15 is 0 Å². The lowest BCUT2D eigenvalue weighted by atomic mass is 10.0. The summed E-state index contributed by atoms with van der Waals surface area (Å²) in [6, 6.07) is 24.0. The summed E-state index contributed by atoms with van der Waals surface area (Å²) in [5.41, 5.74) is 4.06. The number of hydrogen-bond acceptors (Lipinski definition) is 2. The van der Waals surface area contributed by atoms with Gasteiger partial charge in [-0.15, -0.1) is 0 Å². The molecule has 0 bridgehead atoms. The molecule has 3 aromatic rings. The molecule has 0 saturated carbocycles. The molecule has 0 aromatic heterocycles. The first-order valence-electron chi connectivity index (χ1n) is 8.31. The Morgan fingerprint density at radius 1 is 1.00 bits per heavy atom. The van der Waals surface area contributed by atoms with Gasteiger partial charge in [0, 0.05) is 5.56 Å². The van der Waals surface area contributed by atoms with Gasteiger partial charge in [-0.25, -0.2) is 4.39 Å². The summed E-state index contributed by atoms with van der Waals surface area (Å²) in [6.07, 6.45) is 1.84. The van der Waals surface area contributed by atoms with E-state index in [0.717, 1.165) is 16.7 Å². The second-order valence-electron chi connectivity index (χ2n) is 5.98. The SMILES string of the molecule is Cc1ccc(/C(C#N)=C/c2ccc(OCc3ccccc3F)cc2)cc1. The van der Waals surface area contributed by atoms with Crippen LogP contribution in [0.3, 0.4) is 0 Å². The monoisotopic (exact) mass is 343 g/mol. The molecular formula is C23H18FNO. The zero-order valence-corrected chi connectivity index (χ0v) is 14.4. The normalized spacial score (nSPS) is 11.0. The van der Waals surface area contributed by atoms with Gasteiger partial charge in [0.25, 0.3) is 0 Å². The van der Waals surface area contributed by atoms with Crippen LogP contribution in [0.15, 0.2) is 72.8 Å². The van der Waals surface area contributed by atoms with Crippen LogP contribution >= 0.6 is 0 Å². The Hall–Kier alpha value is -3.38. The van der Waals surface area contributed by atoms with Crippen LogP contribution in [-0.4, -0.2) is 0 Å². The minimum absolute atomic E-state index is 0.175. The number of allylic oxidation sites excluding steroid dienone is 1. The maximum atomic E-state index is 13.6. The molecule has 3 heteroatoms. The highest BCUT2D eigenvalue weighted by Crippen LogP contribution is 2.21. The molecule has 0 radical (unpaired) electrons. The third-order valence-corrected chi connectivity index (χ3v) is 4.03. The summed E-state index contributed by atoms with van der Waals surface area (Å²) >= 11 is 0. The van der Waals surface area contributed by atoms with E-state index in [9.17, 15) is 9.65 Å². The van der Waals surface area contributed by atoms with Crippen molar-refractivity contribution in [1.82, 2.24) is 0 Å². The standard InChI is InChI=1S/C23H18FNO/c1-17-6-10-19(11-7-17)21(15-25)14-18-8-12-22(13-9-18)26-16-20-4-2-3-5-23(20)24/h2-14H,16H2,1H3/b21-14+. The molecule has 0 unspecified atom stereocenters. The Morgan fingerprint density at radius 3 is 2.35 bits per heavy atom. The molecule has 0 amide bonds. The van der Waals surface area contributed by atoms with E-state index in [-0.39, 0.29) is 12.4 Å². The van der Waals surface area contributed by atoms with Crippen molar-refractivity contribution in [3.8, 4) is 11.8 Å². The van der Waals surface area contributed by atoms with E-state index < -0.39 is 0 Å². The zero-order valence-electron chi connectivity index (χ0n) is 14.4. The van der Waals surface area contributed by atoms with E-state index in [4.69, 9.17) is 4.74 Å². The zero-order chi connectivity index (χ0) is 18.4. The van der Waals surface area contributed by atoms with Gasteiger partial charge in [-0.1, -0.05) is 60.2 Å². The highest BCUT2D eigenvalue weighted by atomic mass is 19.1. The van der Waals surface area contributed by atoms with Gasteiger partial charge in [0.15, 0.2) is 0 Å². The predicted octanol–water partition coefficient (Wildman–Crippen LogP) is 5.78. The number of hydrogen-bond donors (Lipinski definition) is 0. The Bertz CT molecular complexity index is 951. The van der Waals surface area contributed by atoms with E-state index in [1.807, 2.05) is 61.5 Å². The second-order valence-corrected chi connectivity index (χ2v) is 5.98. The fraction of sp³-hybridized carbons (Fsp3) is 0.0870. The van der Waals surface area contributed by atoms with Crippen LogP contribution in [0.5, 0.6) is 5.75 Å². The van der Waals surface area contributed by atoms with E-state index in [0.29, 0.717) is 16.9 Å². The summed E-state index contributed by atoms with van der Waals surface area (Å²) < 4.78 is 19.2. The predicted molar refractivity (Wildman–Crippen MR) is 102 cm³/mol. The first-order chi connectivity index (χ1) is 12.7. The van der Waals surface area contributed by atoms with Crippen molar-refractivity contribution in [3.05, 3.63) is 101 Å².